The minimum Gasteiger partial charge on any atom is -0.485 e. The summed E-state index contributed by atoms with van der Waals surface area (Å²) in [6, 6.07) is 21.0. The number of pyridine rings is 1. The Kier molecular flexibility index (Phi) is 6.91. The van der Waals surface area contributed by atoms with Crippen LogP contribution in [0.2, 0.25) is 0 Å². The van der Waals surface area contributed by atoms with Crippen molar-refractivity contribution in [2.24, 2.45) is 0 Å². The van der Waals surface area contributed by atoms with Gasteiger partial charge < -0.3 is 14.4 Å². The van der Waals surface area contributed by atoms with Gasteiger partial charge in [-0.25, -0.2) is 0 Å². The number of thiophene rings is 3. The van der Waals surface area contributed by atoms with Gasteiger partial charge in [0, 0.05) is 52.9 Å². The van der Waals surface area contributed by atoms with Gasteiger partial charge >= 0.3 is 0 Å². The van der Waals surface area contributed by atoms with Gasteiger partial charge in [-0.3, -0.25) is 9.88 Å². The van der Waals surface area contributed by atoms with Crippen molar-refractivity contribution in [2.45, 2.75) is 0 Å². The minimum absolute atomic E-state index is 0.472. The molecule has 0 radical (unpaired) electrons. The monoisotopic (exact) mass is 664 g/mol. The number of aromatic nitrogens is 3. The van der Waals surface area contributed by atoms with E-state index < -0.39 is 0 Å². The molecule has 5 aromatic heterocycles. The minimum atomic E-state index is 0.472. The molecule has 2 aromatic carbocycles. The van der Waals surface area contributed by atoms with Gasteiger partial charge in [0.1, 0.15) is 29.9 Å². The number of hydrogen-bond donors (Lipinski definition) is 0. The van der Waals surface area contributed by atoms with Crippen molar-refractivity contribution in [1.82, 2.24) is 13.7 Å². The molecule has 45 heavy (non-hydrogen) atoms. The van der Waals surface area contributed by atoms with E-state index in [1.165, 1.54) is 42.2 Å². The highest BCUT2D eigenvalue weighted by atomic mass is 32.1. The molecule has 0 N–H and O–H groups in total. The molecule has 1 aliphatic rings. The fraction of sp³-hybridized carbons (Fsp3) is 0.152. The van der Waals surface area contributed by atoms with Gasteiger partial charge in [0.25, 0.3) is 0 Å². The Labute approximate surface area is 275 Å². The van der Waals surface area contributed by atoms with E-state index in [1.54, 1.807) is 41.1 Å². The highest BCUT2D eigenvalue weighted by Crippen LogP contribution is 2.55. The Morgan fingerprint density at radius 3 is 2.07 bits per heavy atom. The zero-order chi connectivity index (χ0) is 30.7. The number of hydrogen-bond acceptors (Lipinski definition) is 12. The van der Waals surface area contributed by atoms with Gasteiger partial charge in [-0.05, 0) is 47.5 Å². The molecule has 6 heterocycles. The van der Waals surface area contributed by atoms with Crippen molar-refractivity contribution in [3.63, 3.8) is 0 Å². The van der Waals surface area contributed by atoms with Crippen molar-refractivity contribution < 1.29 is 9.47 Å². The zero-order valence-electron chi connectivity index (χ0n) is 24.4. The number of nitrogens with zero attached hydrogens (tertiary/aromatic N) is 6. The van der Waals surface area contributed by atoms with Crippen molar-refractivity contribution in [3.8, 4) is 59.6 Å². The normalized spacial score (nSPS) is 12.5. The lowest BCUT2D eigenvalue weighted by atomic mass is 10.1. The van der Waals surface area contributed by atoms with E-state index in [0.29, 0.717) is 19.0 Å². The second kappa shape index (κ2) is 11.1. The van der Waals surface area contributed by atoms with Gasteiger partial charge in [0.15, 0.2) is 17.7 Å². The first kappa shape index (κ1) is 28.0. The molecule has 8 nitrogen and oxygen atoms in total. The Morgan fingerprint density at radius 2 is 1.36 bits per heavy atom. The summed E-state index contributed by atoms with van der Waals surface area (Å²) in [5.41, 5.74) is 7.53. The SMILES string of the molecule is CN(C)c1ccc(-c2cc3sc(-c4ncc(-c5sc(-c6ccc(N(C)C#N)cc6)c6c5OCCO6)c5nsnc45)cc3s2)cc1. The first-order chi connectivity index (χ1) is 22.0. The van der Waals surface area contributed by atoms with Gasteiger partial charge in [0.2, 0.25) is 0 Å². The Morgan fingerprint density at radius 1 is 0.733 bits per heavy atom. The Hall–Kier alpha value is -4.54. The van der Waals surface area contributed by atoms with Crippen LogP contribution in [0.25, 0.3) is 62.3 Å². The van der Waals surface area contributed by atoms with E-state index in [2.05, 4.69) is 61.6 Å². The predicted molar refractivity (Wildman–Crippen MR) is 187 cm³/mol. The van der Waals surface area contributed by atoms with Crippen LogP contribution in [-0.2, 0) is 0 Å². The molecule has 12 heteroatoms. The predicted octanol–water partition coefficient (Wildman–Crippen LogP) is 8.85. The molecule has 0 unspecified atom stereocenters. The van der Waals surface area contributed by atoms with Crippen LogP contribution in [0.15, 0.2) is 66.9 Å². The lowest BCUT2D eigenvalue weighted by Gasteiger charge is -2.17. The number of ether oxygens (including phenoxy) is 2. The maximum atomic E-state index is 9.25. The summed E-state index contributed by atoms with van der Waals surface area (Å²) >= 11 is 6.32. The van der Waals surface area contributed by atoms with Crippen LogP contribution in [0, 0.1) is 11.5 Å². The van der Waals surface area contributed by atoms with E-state index >= 15 is 0 Å². The molecule has 222 valence electrons. The maximum absolute atomic E-state index is 9.25. The van der Waals surface area contributed by atoms with E-state index in [0.717, 1.165) is 53.9 Å². The van der Waals surface area contributed by atoms with Gasteiger partial charge in [-0.2, -0.15) is 14.0 Å². The average Bonchev–Trinajstić information content (AvgIpc) is 3.87. The number of fused-ring (bicyclic) bond motifs is 3. The molecule has 0 saturated heterocycles. The smallest absolute Gasteiger partial charge is 0.183 e. The summed E-state index contributed by atoms with van der Waals surface area (Å²) in [7, 11) is 5.85. The average molecular weight is 665 g/mol. The van der Waals surface area contributed by atoms with Gasteiger partial charge in [0.05, 0.1) is 32.0 Å². The van der Waals surface area contributed by atoms with Crippen molar-refractivity contribution in [2.75, 3.05) is 44.2 Å². The molecule has 0 spiro atoms. The second-order valence-corrected chi connectivity index (χ2v) is 14.4. The molecule has 8 rings (SSSR count). The molecular formula is C33H24N6O2S4. The molecule has 0 aliphatic carbocycles. The lowest BCUT2D eigenvalue weighted by molar-refractivity contribution is 0.175. The second-order valence-electron chi connectivity index (χ2n) is 10.7. The van der Waals surface area contributed by atoms with E-state index in [-0.39, 0.29) is 0 Å². The van der Waals surface area contributed by atoms with Crippen LogP contribution in [0.4, 0.5) is 11.4 Å². The standard InChI is InChI=1S/C33H24N6O2S4/c1-38(2)20-8-4-18(5-9-20)23-14-24-25(42-23)15-26(43-24)28-29-27(36-45-37-29)22(16-35-28)33-31-30(40-12-13-41-31)32(44-33)19-6-10-21(11-7-19)39(3)17-34/h4-11,14-16H,12-13H2,1-3H3. The van der Waals surface area contributed by atoms with Crippen LogP contribution in [0.1, 0.15) is 0 Å². The summed E-state index contributed by atoms with van der Waals surface area (Å²) in [5.74, 6) is 1.44. The first-order valence-corrected chi connectivity index (χ1v) is 17.3. The molecule has 0 atom stereocenters. The molecular weight excluding hydrogens is 641 g/mol. The van der Waals surface area contributed by atoms with Crippen LogP contribution < -0.4 is 19.3 Å². The topological polar surface area (TPSA) is 87.4 Å². The third kappa shape index (κ3) is 4.80. The number of benzene rings is 2. The molecule has 1 aliphatic heterocycles. The summed E-state index contributed by atoms with van der Waals surface area (Å²) in [6.45, 7) is 0.953. The number of rotatable bonds is 6. The Balaban J connectivity index is 1.16. The number of nitriles is 1. The van der Waals surface area contributed by atoms with Crippen LogP contribution >= 0.6 is 45.7 Å². The molecule has 0 bridgehead atoms. The van der Waals surface area contributed by atoms with E-state index in [1.807, 2.05) is 30.5 Å². The zero-order valence-corrected chi connectivity index (χ0v) is 27.7. The fourth-order valence-electron chi connectivity index (χ4n) is 5.35. The van der Waals surface area contributed by atoms with Crippen LogP contribution in [-0.4, -0.2) is 48.1 Å². The van der Waals surface area contributed by atoms with Crippen molar-refractivity contribution in [3.05, 3.63) is 66.9 Å². The van der Waals surface area contributed by atoms with Crippen molar-refractivity contribution >= 4 is 77.5 Å². The summed E-state index contributed by atoms with van der Waals surface area (Å²) in [6.07, 6.45) is 4.03. The fourth-order valence-corrected chi connectivity index (χ4v) is 9.52. The first-order valence-electron chi connectivity index (χ1n) is 14.1. The lowest BCUT2D eigenvalue weighted by Crippen LogP contribution is -2.14. The summed E-state index contributed by atoms with van der Waals surface area (Å²) < 4.78 is 24.3. The van der Waals surface area contributed by atoms with Crippen LogP contribution in [0.5, 0.6) is 11.5 Å². The maximum Gasteiger partial charge on any atom is 0.183 e. The molecule has 0 saturated carbocycles. The quantitative estimate of drug-likeness (QED) is 0.129. The third-order valence-corrected chi connectivity index (χ3v) is 11.8. The summed E-state index contributed by atoms with van der Waals surface area (Å²) in [5, 5.41) is 9.25. The van der Waals surface area contributed by atoms with Crippen LogP contribution in [0.3, 0.4) is 0 Å². The van der Waals surface area contributed by atoms with E-state index in [9.17, 15) is 5.26 Å². The van der Waals surface area contributed by atoms with E-state index in [4.69, 9.17) is 23.2 Å². The third-order valence-electron chi connectivity index (χ3n) is 7.71. The van der Waals surface area contributed by atoms with Gasteiger partial charge in [-0.15, -0.1) is 34.0 Å². The molecule has 7 aromatic rings. The molecule has 0 fully saturated rings. The van der Waals surface area contributed by atoms with Crippen molar-refractivity contribution in [1.29, 1.82) is 5.26 Å². The van der Waals surface area contributed by atoms with Gasteiger partial charge in [-0.1, -0.05) is 24.3 Å². The molecule has 0 amide bonds. The highest BCUT2D eigenvalue weighted by Gasteiger charge is 2.29. The Bertz CT molecular complexity index is 2210. The largest absolute Gasteiger partial charge is 0.485 e. The summed E-state index contributed by atoms with van der Waals surface area (Å²) in [4.78, 5) is 12.8. The highest BCUT2D eigenvalue weighted by molar-refractivity contribution is 7.31. The number of anilines is 2.